The number of amides is 1. The SMILES string of the molecule is CC(CO)CNC(=O)c1cc(N)cc(Cl)c1. The summed E-state index contributed by atoms with van der Waals surface area (Å²) in [5.41, 5.74) is 6.45. The number of halogens is 1. The van der Waals surface area contributed by atoms with E-state index >= 15 is 0 Å². The van der Waals surface area contributed by atoms with Crippen molar-refractivity contribution in [1.29, 1.82) is 0 Å². The van der Waals surface area contributed by atoms with Crippen LogP contribution in [0.2, 0.25) is 5.02 Å². The first-order valence-corrected chi connectivity index (χ1v) is 5.36. The molecule has 0 heterocycles. The van der Waals surface area contributed by atoms with Crippen molar-refractivity contribution < 1.29 is 9.90 Å². The van der Waals surface area contributed by atoms with E-state index in [1.165, 1.54) is 0 Å². The molecule has 1 aromatic rings. The van der Waals surface area contributed by atoms with Crippen LogP contribution in [-0.2, 0) is 0 Å². The number of nitrogens with one attached hydrogen (secondary N) is 1. The Balaban J connectivity index is 2.66. The first kappa shape index (κ1) is 12.8. The summed E-state index contributed by atoms with van der Waals surface area (Å²) in [5.74, 6) is -0.213. The van der Waals surface area contributed by atoms with Crippen LogP contribution >= 0.6 is 11.6 Å². The summed E-state index contributed by atoms with van der Waals surface area (Å²) in [5, 5.41) is 11.9. The van der Waals surface area contributed by atoms with E-state index in [0.717, 1.165) is 0 Å². The first-order chi connectivity index (χ1) is 7.52. The maximum atomic E-state index is 11.7. The van der Waals surface area contributed by atoms with Crippen molar-refractivity contribution in [1.82, 2.24) is 5.32 Å². The fraction of sp³-hybridized carbons (Fsp3) is 0.364. The van der Waals surface area contributed by atoms with Crippen LogP contribution in [0, 0.1) is 5.92 Å². The summed E-state index contributed by atoms with van der Waals surface area (Å²) in [4.78, 5) is 11.7. The summed E-state index contributed by atoms with van der Waals surface area (Å²) in [6.07, 6.45) is 0. The predicted molar refractivity (Wildman–Crippen MR) is 64.4 cm³/mol. The van der Waals surface area contributed by atoms with Gasteiger partial charge in [0, 0.05) is 29.4 Å². The molecule has 1 rings (SSSR count). The first-order valence-electron chi connectivity index (χ1n) is 4.98. The van der Waals surface area contributed by atoms with Gasteiger partial charge in [-0.25, -0.2) is 0 Å². The fourth-order valence-corrected chi connectivity index (χ4v) is 1.42. The minimum atomic E-state index is -0.241. The predicted octanol–water partition coefficient (Wildman–Crippen LogP) is 1.28. The van der Waals surface area contributed by atoms with Gasteiger partial charge in [-0.1, -0.05) is 18.5 Å². The molecule has 5 heteroatoms. The Hall–Kier alpha value is -1.26. The molecule has 1 amide bonds. The Kier molecular flexibility index (Phi) is 4.58. The van der Waals surface area contributed by atoms with Gasteiger partial charge < -0.3 is 16.2 Å². The normalized spacial score (nSPS) is 12.2. The number of rotatable bonds is 4. The molecule has 0 aromatic heterocycles. The Labute approximate surface area is 99.4 Å². The maximum Gasteiger partial charge on any atom is 0.251 e. The molecular weight excluding hydrogens is 228 g/mol. The molecule has 0 aliphatic rings. The molecule has 0 saturated heterocycles. The topological polar surface area (TPSA) is 75.3 Å². The molecule has 16 heavy (non-hydrogen) atoms. The van der Waals surface area contributed by atoms with Crippen molar-refractivity contribution >= 4 is 23.2 Å². The van der Waals surface area contributed by atoms with Crippen molar-refractivity contribution in [2.24, 2.45) is 5.92 Å². The molecule has 0 bridgehead atoms. The molecule has 0 saturated carbocycles. The molecule has 0 aliphatic heterocycles. The van der Waals surface area contributed by atoms with E-state index in [1.807, 2.05) is 6.92 Å². The van der Waals surface area contributed by atoms with Crippen molar-refractivity contribution in [3.63, 3.8) is 0 Å². The number of hydrogen-bond acceptors (Lipinski definition) is 3. The lowest BCUT2D eigenvalue weighted by molar-refractivity contribution is 0.0942. The quantitative estimate of drug-likeness (QED) is 0.697. The van der Waals surface area contributed by atoms with Crippen LogP contribution in [0.15, 0.2) is 18.2 Å². The number of nitrogen functional groups attached to an aromatic ring is 1. The Bertz CT molecular complexity index is 362. The zero-order valence-corrected chi connectivity index (χ0v) is 9.79. The van der Waals surface area contributed by atoms with Gasteiger partial charge in [0.2, 0.25) is 0 Å². The van der Waals surface area contributed by atoms with E-state index in [4.69, 9.17) is 22.4 Å². The number of anilines is 1. The average Bonchev–Trinajstić information content (AvgIpc) is 2.23. The van der Waals surface area contributed by atoms with E-state index in [0.29, 0.717) is 22.8 Å². The second kappa shape index (κ2) is 5.72. The highest BCUT2D eigenvalue weighted by molar-refractivity contribution is 6.31. The molecular formula is C11H15ClN2O2. The second-order valence-electron chi connectivity index (χ2n) is 3.77. The molecule has 88 valence electrons. The molecule has 1 unspecified atom stereocenters. The highest BCUT2D eigenvalue weighted by atomic mass is 35.5. The van der Waals surface area contributed by atoms with E-state index < -0.39 is 0 Å². The summed E-state index contributed by atoms with van der Waals surface area (Å²) < 4.78 is 0. The van der Waals surface area contributed by atoms with Crippen LogP contribution in [0.3, 0.4) is 0 Å². The summed E-state index contributed by atoms with van der Waals surface area (Å²) >= 11 is 5.78. The molecule has 1 atom stereocenters. The molecule has 1 aromatic carbocycles. The van der Waals surface area contributed by atoms with Gasteiger partial charge in [-0.2, -0.15) is 0 Å². The third-order valence-corrected chi connectivity index (χ3v) is 2.32. The smallest absolute Gasteiger partial charge is 0.251 e. The van der Waals surface area contributed by atoms with Crippen molar-refractivity contribution in [2.75, 3.05) is 18.9 Å². The number of nitrogens with two attached hydrogens (primary N) is 1. The monoisotopic (exact) mass is 242 g/mol. The second-order valence-corrected chi connectivity index (χ2v) is 4.21. The minimum Gasteiger partial charge on any atom is -0.399 e. The van der Waals surface area contributed by atoms with Gasteiger partial charge in [0.05, 0.1) is 0 Å². The number of carbonyl (C=O) groups is 1. The van der Waals surface area contributed by atoms with Crippen LogP contribution in [-0.4, -0.2) is 24.2 Å². The summed E-state index contributed by atoms with van der Waals surface area (Å²) in [7, 11) is 0. The summed E-state index contributed by atoms with van der Waals surface area (Å²) in [6.45, 7) is 2.30. The van der Waals surface area contributed by atoms with Gasteiger partial charge in [-0.15, -0.1) is 0 Å². The largest absolute Gasteiger partial charge is 0.399 e. The lowest BCUT2D eigenvalue weighted by atomic mass is 10.1. The number of carbonyl (C=O) groups excluding carboxylic acids is 1. The average molecular weight is 243 g/mol. The number of aliphatic hydroxyl groups excluding tert-OH is 1. The van der Waals surface area contributed by atoms with E-state index in [2.05, 4.69) is 5.32 Å². The minimum absolute atomic E-state index is 0.0282. The van der Waals surface area contributed by atoms with Crippen molar-refractivity contribution in [2.45, 2.75) is 6.92 Å². The standard InChI is InChI=1S/C11H15ClN2O2/c1-7(6-15)5-14-11(16)8-2-9(12)4-10(13)3-8/h2-4,7,15H,5-6,13H2,1H3,(H,14,16). The van der Waals surface area contributed by atoms with E-state index in [9.17, 15) is 4.79 Å². The van der Waals surface area contributed by atoms with Crippen LogP contribution in [0.25, 0.3) is 0 Å². The lowest BCUT2D eigenvalue weighted by Crippen LogP contribution is -2.29. The molecule has 0 fully saturated rings. The van der Waals surface area contributed by atoms with Crippen LogP contribution in [0.4, 0.5) is 5.69 Å². The van der Waals surface area contributed by atoms with Gasteiger partial charge in [-0.05, 0) is 24.1 Å². The fourth-order valence-electron chi connectivity index (χ4n) is 1.18. The highest BCUT2D eigenvalue weighted by Gasteiger charge is 2.08. The van der Waals surface area contributed by atoms with Crippen molar-refractivity contribution in [3.8, 4) is 0 Å². The van der Waals surface area contributed by atoms with Gasteiger partial charge in [0.1, 0.15) is 0 Å². The maximum absolute atomic E-state index is 11.7. The number of aliphatic hydroxyl groups is 1. The molecule has 4 nitrogen and oxygen atoms in total. The Morgan fingerprint density at radius 1 is 1.56 bits per heavy atom. The molecule has 0 radical (unpaired) electrons. The van der Waals surface area contributed by atoms with Gasteiger partial charge in [-0.3, -0.25) is 4.79 Å². The van der Waals surface area contributed by atoms with Gasteiger partial charge in [0.25, 0.3) is 5.91 Å². The molecule has 0 spiro atoms. The molecule has 4 N–H and O–H groups in total. The van der Waals surface area contributed by atoms with Gasteiger partial charge >= 0.3 is 0 Å². The Morgan fingerprint density at radius 2 is 2.25 bits per heavy atom. The van der Waals surface area contributed by atoms with Crippen LogP contribution in [0.1, 0.15) is 17.3 Å². The summed E-state index contributed by atoms with van der Waals surface area (Å²) in [6, 6.07) is 4.69. The van der Waals surface area contributed by atoms with E-state index in [1.54, 1.807) is 18.2 Å². The third kappa shape index (κ3) is 3.72. The van der Waals surface area contributed by atoms with Crippen molar-refractivity contribution in [3.05, 3.63) is 28.8 Å². The molecule has 0 aliphatic carbocycles. The van der Waals surface area contributed by atoms with Crippen LogP contribution < -0.4 is 11.1 Å². The van der Waals surface area contributed by atoms with Crippen LogP contribution in [0.5, 0.6) is 0 Å². The van der Waals surface area contributed by atoms with E-state index in [-0.39, 0.29) is 18.4 Å². The van der Waals surface area contributed by atoms with Gasteiger partial charge in [0.15, 0.2) is 0 Å². The number of benzene rings is 1. The third-order valence-electron chi connectivity index (χ3n) is 2.11. The zero-order valence-electron chi connectivity index (χ0n) is 9.03. The highest BCUT2D eigenvalue weighted by Crippen LogP contribution is 2.16. The number of hydrogen-bond donors (Lipinski definition) is 3. The Morgan fingerprint density at radius 3 is 2.81 bits per heavy atom. The zero-order chi connectivity index (χ0) is 12.1. The lowest BCUT2D eigenvalue weighted by Gasteiger charge is -2.10.